The minimum absolute atomic E-state index is 0.0371. The summed E-state index contributed by atoms with van der Waals surface area (Å²) in [4.78, 5) is 12.8. The summed E-state index contributed by atoms with van der Waals surface area (Å²) in [5.74, 6) is 0.0702. The molecule has 2 fully saturated rings. The Bertz CT molecular complexity index is 516. The van der Waals surface area contributed by atoms with Crippen molar-refractivity contribution in [1.29, 1.82) is 0 Å². The van der Waals surface area contributed by atoms with Crippen molar-refractivity contribution < 1.29 is 9.90 Å². The molecule has 3 rings (SSSR count). The van der Waals surface area contributed by atoms with Gasteiger partial charge in [0.15, 0.2) is 0 Å². The fourth-order valence-corrected chi connectivity index (χ4v) is 3.58. The van der Waals surface area contributed by atoms with Crippen LogP contribution in [0.3, 0.4) is 0 Å². The van der Waals surface area contributed by atoms with Gasteiger partial charge in [0, 0.05) is 5.02 Å². The molecule has 0 spiro atoms. The normalized spacial score (nSPS) is 22.6. The Morgan fingerprint density at radius 2 is 1.71 bits per heavy atom. The minimum Gasteiger partial charge on any atom is -0.394 e. The molecule has 0 unspecified atom stereocenters. The fraction of sp³-hybridized carbons (Fsp3) is 0.588. The van der Waals surface area contributed by atoms with E-state index in [0.29, 0.717) is 5.02 Å². The number of benzene rings is 1. The van der Waals surface area contributed by atoms with E-state index >= 15 is 0 Å². The van der Waals surface area contributed by atoms with Crippen LogP contribution in [0.1, 0.15) is 50.5 Å². The Kier molecular flexibility index (Phi) is 3.98. The number of aliphatic hydroxyl groups excluding tert-OH is 1. The fourth-order valence-electron chi connectivity index (χ4n) is 3.45. The summed E-state index contributed by atoms with van der Waals surface area (Å²) in [6.07, 6.45) is 6.87. The van der Waals surface area contributed by atoms with Crippen LogP contribution in [0, 0.1) is 0 Å². The van der Waals surface area contributed by atoms with Gasteiger partial charge in [0.25, 0.3) is 0 Å². The Hall–Kier alpha value is -1.06. The molecule has 0 bridgehead atoms. The molecule has 2 saturated carbocycles. The number of aliphatic hydroxyl groups is 1. The predicted molar refractivity (Wildman–Crippen MR) is 83.4 cm³/mol. The van der Waals surface area contributed by atoms with Gasteiger partial charge in [-0.2, -0.15) is 0 Å². The predicted octanol–water partition coefficient (Wildman–Crippen LogP) is 3.18. The van der Waals surface area contributed by atoms with E-state index < -0.39 is 11.0 Å². The number of hydrogen-bond donors (Lipinski definition) is 2. The number of hydrogen-bond acceptors (Lipinski definition) is 2. The van der Waals surface area contributed by atoms with Gasteiger partial charge in [-0.1, -0.05) is 43.0 Å². The molecule has 0 heterocycles. The van der Waals surface area contributed by atoms with E-state index in [9.17, 15) is 9.90 Å². The highest BCUT2D eigenvalue weighted by Crippen LogP contribution is 2.49. The quantitative estimate of drug-likeness (QED) is 0.897. The Labute approximate surface area is 130 Å². The van der Waals surface area contributed by atoms with Crippen molar-refractivity contribution in [2.75, 3.05) is 6.61 Å². The molecule has 21 heavy (non-hydrogen) atoms. The number of carbonyl (C=O) groups is 1. The smallest absolute Gasteiger partial charge is 0.231 e. The van der Waals surface area contributed by atoms with Crippen LogP contribution in [0.2, 0.25) is 5.02 Å². The summed E-state index contributed by atoms with van der Waals surface area (Å²) < 4.78 is 0. The first-order chi connectivity index (χ1) is 10.1. The number of amides is 1. The van der Waals surface area contributed by atoms with Crippen LogP contribution >= 0.6 is 11.6 Å². The third-order valence-corrected chi connectivity index (χ3v) is 5.33. The zero-order valence-corrected chi connectivity index (χ0v) is 13.0. The van der Waals surface area contributed by atoms with Gasteiger partial charge in [-0.15, -0.1) is 0 Å². The summed E-state index contributed by atoms with van der Waals surface area (Å²) in [7, 11) is 0. The lowest BCUT2D eigenvalue weighted by atomic mass is 9.81. The number of carbonyl (C=O) groups excluding carboxylic acids is 1. The number of halogens is 1. The van der Waals surface area contributed by atoms with Gasteiger partial charge in [-0.3, -0.25) is 4.79 Å². The molecule has 2 aliphatic carbocycles. The van der Waals surface area contributed by atoms with E-state index in [-0.39, 0.29) is 12.5 Å². The molecule has 0 radical (unpaired) electrons. The third kappa shape index (κ3) is 2.82. The van der Waals surface area contributed by atoms with Crippen LogP contribution < -0.4 is 5.32 Å². The maximum absolute atomic E-state index is 12.8. The van der Waals surface area contributed by atoms with Crippen LogP contribution in [0.5, 0.6) is 0 Å². The molecule has 2 N–H and O–H groups in total. The van der Waals surface area contributed by atoms with Crippen LogP contribution in [0.15, 0.2) is 24.3 Å². The molecule has 0 atom stereocenters. The molecule has 0 saturated heterocycles. The first-order valence-electron chi connectivity index (χ1n) is 7.80. The third-order valence-electron chi connectivity index (χ3n) is 5.07. The summed E-state index contributed by atoms with van der Waals surface area (Å²) in [5, 5.41) is 13.6. The highest BCUT2D eigenvalue weighted by Gasteiger charge is 2.52. The molecule has 114 valence electrons. The van der Waals surface area contributed by atoms with E-state index in [1.807, 2.05) is 24.3 Å². The van der Waals surface area contributed by atoms with Gasteiger partial charge >= 0.3 is 0 Å². The first kappa shape index (κ1) is 14.9. The number of nitrogens with one attached hydrogen (secondary N) is 1. The largest absolute Gasteiger partial charge is 0.394 e. The van der Waals surface area contributed by atoms with Gasteiger partial charge in [-0.05, 0) is 43.4 Å². The lowest BCUT2D eigenvalue weighted by Gasteiger charge is -2.37. The standard InChI is InChI=1S/C17H22ClNO2/c18-14-6-4-13(5-7-14)17(10-11-17)15(21)19-16(12-20)8-2-1-3-9-16/h4-7,20H,1-3,8-12H2,(H,19,21). The van der Waals surface area contributed by atoms with Gasteiger partial charge in [0.2, 0.25) is 5.91 Å². The van der Waals surface area contributed by atoms with Crippen molar-refractivity contribution >= 4 is 17.5 Å². The van der Waals surface area contributed by atoms with Crippen molar-refractivity contribution in [2.45, 2.75) is 55.9 Å². The van der Waals surface area contributed by atoms with Crippen molar-refractivity contribution in [3.05, 3.63) is 34.9 Å². The van der Waals surface area contributed by atoms with Gasteiger partial charge < -0.3 is 10.4 Å². The SMILES string of the molecule is O=C(NC1(CO)CCCCC1)C1(c2ccc(Cl)cc2)CC1. The molecule has 3 nitrogen and oxygen atoms in total. The molecule has 0 aromatic heterocycles. The Balaban J connectivity index is 1.76. The molecule has 2 aliphatic rings. The second kappa shape index (κ2) is 5.62. The molecule has 0 aliphatic heterocycles. The van der Waals surface area contributed by atoms with Crippen molar-refractivity contribution in [1.82, 2.24) is 5.32 Å². The summed E-state index contributed by atoms with van der Waals surface area (Å²) >= 11 is 5.93. The lowest BCUT2D eigenvalue weighted by Crippen LogP contribution is -2.55. The van der Waals surface area contributed by atoms with E-state index in [4.69, 9.17) is 11.6 Å². The second-order valence-corrected chi connectivity index (χ2v) is 6.98. The summed E-state index contributed by atoms with van der Waals surface area (Å²) in [5.41, 5.74) is 0.231. The zero-order chi connectivity index (χ0) is 14.9. The summed E-state index contributed by atoms with van der Waals surface area (Å²) in [6, 6.07) is 7.57. The molecule has 4 heteroatoms. The monoisotopic (exact) mass is 307 g/mol. The maximum Gasteiger partial charge on any atom is 0.231 e. The van der Waals surface area contributed by atoms with Crippen LogP contribution in [-0.2, 0) is 10.2 Å². The Morgan fingerprint density at radius 1 is 1.10 bits per heavy atom. The lowest BCUT2D eigenvalue weighted by molar-refractivity contribution is -0.126. The first-order valence-corrected chi connectivity index (χ1v) is 8.18. The van der Waals surface area contributed by atoms with Crippen LogP contribution in [0.4, 0.5) is 0 Å². The highest BCUT2D eigenvalue weighted by molar-refractivity contribution is 6.30. The second-order valence-electron chi connectivity index (χ2n) is 6.54. The minimum atomic E-state index is -0.405. The van der Waals surface area contributed by atoms with E-state index in [1.54, 1.807) is 0 Å². The van der Waals surface area contributed by atoms with E-state index in [0.717, 1.165) is 44.1 Å². The van der Waals surface area contributed by atoms with Crippen molar-refractivity contribution in [2.24, 2.45) is 0 Å². The van der Waals surface area contributed by atoms with Crippen molar-refractivity contribution in [3.8, 4) is 0 Å². The van der Waals surface area contributed by atoms with E-state index in [2.05, 4.69) is 5.32 Å². The van der Waals surface area contributed by atoms with Gasteiger partial charge in [0.1, 0.15) is 0 Å². The highest BCUT2D eigenvalue weighted by atomic mass is 35.5. The summed E-state index contributed by atoms with van der Waals surface area (Å²) in [6.45, 7) is 0.0371. The topological polar surface area (TPSA) is 49.3 Å². The average Bonchev–Trinajstić information content (AvgIpc) is 3.31. The molecule has 1 aromatic rings. The average molecular weight is 308 g/mol. The Morgan fingerprint density at radius 3 is 2.24 bits per heavy atom. The van der Waals surface area contributed by atoms with Crippen molar-refractivity contribution in [3.63, 3.8) is 0 Å². The number of rotatable bonds is 4. The van der Waals surface area contributed by atoms with Gasteiger partial charge in [-0.25, -0.2) is 0 Å². The molecular formula is C17H22ClNO2. The molecular weight excluding hydrogens is 286 g/mol. The zero-order valence-electron chi connectivity index (χ0n) is 12.2. The van der Waals surface area contributed by atoms with Crippen LogP contribution in [-0.4, -0.2) is 23.2 Å². The van der Waals surface area contributed by atoms with E-state index in [1.165, 1.54) is 6.42 Å². The maximum atomic E-state index is 12.8. The van der Waals surface area contributed by atoms with Crippen LogP contribution in [0.25, 0.3) is 0 Å². The molecule has 1 aromatic carbocycles. The van der Waals surface area contributed by atoms with Gasteiger partial charge in [0.05, 0.1) is 17.6 Å². The molecule has 1 amide bonds.